The normalized spacial score (nSPS) is 10.2. The number of esters is 1. The first-order valence-corrected chi connectivity index (χ1v) is 5.74. The number of rotatable bonds is 6. The fourth-order valence-electron chi connectivity index (χ4n) is 1.49. The van der Waals surface area contributed by atoms with Gasteiger partial charge in [-0.15, -0.1) is 0 Å². The van der Waals surface area contributed by atoms with Gasteiger partial charge in [-0.1, -0.05) is 19.1 Å². The quantitative estimate of drug-likeness (QED) is 0.607. The number of nitrogens with two attached hydrogens (primary N) is 1. The van der Waals surface area contributed by atoms with E-state index in [1.54, 1.807) is 13.2 Å². The van der Waals surface area contributed by atoms with E-state index in [4.69, 9.17) is 15.2 Å². The van der Waals surface area contributed by atoms with Crippen molar-refractivity contribution >= 4 is 11.7 Å². The van der Waals surface area contributed by atoms with Gasteiger partial charge in [0, 0.05) is 12.8 Å². The second-order valence-electron chi connectivity index (χ2n) is 3.76. The fraction of sp³-hybridized carbons (Fsp3) is 0.462. The van der Waals surface area contributed by atoms with E-state index in [2.05, 4.69) is 0 Å². The molecule has 0 aliphatic heterocycles. The Balaban J connectivity index is 2.82. The Bertz CT molecular complexity index is 377. The molecule has 0 bridgehead atoms. The monoisotopic (exact) mass is 237 g/mol. The lowest BCUT2D eigenvalue weighted by Crippen LogP contribution is -2.11. The molecule has 0 fully saturated rings. The molecule has 17 heavy (non-hydrogen) atoms. The number of carbonyl (C=O) groups excluding carboxylic acids is 1. The molecule has 1 aromatic rings. The van der Waals surface area contributed by atoms with Gasteiger partial charge >= 0.3 is 5.97 Å². The van der Waals surface area contributed by atoms with E-state index in [0.29, 0.717) is 30.9 Å². The Labute approximate surface area is 102 Å². The van der Waals surface area contributed by atoms with Crippen molar-refractivity contribution in [2.75, 3.05) is 26.1 Å². The molecular weight excluding hydrogens is 218 g/mol. The number of methoxy groups -OCH3 is 1. The van der Waals surface area contributed by atoms with Crippen LogP contribution in [-0.2, 0) is 15.9 Å². The SMILES string of the molecule is CCCOC(=O)c1cccc(CCOC)c1N. The average molecular weight is 237 g/mol. The molecule has 4 heteroatoms. The number of hydrogen-bond donors (Lipinski definition) is 1. The summed E-state index contributed by atoms with van der Waals surface area (Å²) in [6, 6.07) is 5.39. The van der Waals surface area contributed by atoms with Crippen LogP contribution in [0, 0.1) is 0 Å². The van der Waals surface area contributed by atoms with Gasteiger partial charge in [0.15, 0.2) is 0 Å². The van der Waals surface area contributed by atoms with E-state index < -0.39 is 0 Å². The maximum absolute atomic E-state index is 11.7. The molecule has 4 nitrogen and oxygen atoms in total. The van der Waals surface area contributed by atoms with E-state index >= 15 is 0 Å². The van der Waals surface area contributed by atoms with E-state index in [1.165, 1.54) is 0 Å². The molecule has 1 aromatic carbocycles. The lowest BCUT2D eigenvalue weighted by molar-refractivity contribution is 0.0506. The van der Waals surface area contributed by atoms with Gasteiger partial charge in [0.25, 0.3) is 0 Å². The third-order valence-corrected chi connectivity index (χ3v) is 2.43. The number of nitrogen functional groups attached to an aromatic ring is 1. The number of benzene rings is 1. The van der Waals surface area contributed by atoms with Crippen molar-refractivity contribution in [3.05, 3.63) is 29.3 Å². The molecule has 94 valence electrons. The molecule has 0 unspecified atom stereocenters. The van der Waals surface area contributed by atoms with E-state index in [9.17, 15) is 4.79 Å². The van der Waals surface area contributed by atoms with Crippen molar-refractivity contribution in [3.63, 3.8) is 0 Å². The zero-order valence-electron chi connectivity index (χ0n) is 10.4. The van der Waals surface area contributed by atoms with Gasteiger partial charge in [0.1, 0.15) is 0 Å². The first-order valence-electron chi connectivity index (χ1n) is 5.74. The molecule has 0 amide bonds. The fourth-order valence-corrected chi connectivity index (χ4v) is 1.49. The first-order chi connectivity index (χ1) is 8.20. The Kier molecular flexibility index (Phi) is 5.49. The van der Waals surface area contributed by atoms with Crippen LogP contribution in [0.25, 0.3) is 0 Å². The van der Waals surface area contributed by atoms with Crippen molar-refractivity contribution in [2.45, 2.75) is 19.8 Å². The lowest BCUT2D eigenvalue weighted by atomic mass is 10.1. The summed E-state index contributed by atoms with van der Waals surface area (Å²) in [6.45, 7) is 2.95. The third-order valence-electron chi connectivity index (χ3n) is 2.43. The highest BCUT2D eigenvalue weighted by Crippen LogP contribution is 2.19. The van der Waals surface area contributed by atoms with Crippen LogP contribution in [0.1, 0.15) is 29.3 Å². The highest BCUT2D eigenvalue weighted by Gasteiger charge is 2.13. The van der Waals surface area contributed by atoms with Crippen LogP contribution in [0.3, 0.4) is 0 Å². The minimum Gasteiger partial charge on any atom is -0.462 e. The molecule has 0 saturated carbocycles. The number of ether oxygens (including phenoxy) is 2. The highest BCUT2D eigenvalue weighted by molar-refractivity contribution is 5.95. The van der Waals surface area contributed by atoms with Crippen molar-refractivity contribution in [3.8, 4) is 0 Å². The number of anilines is 1. The van der Waals surface area contributed by atoms with Gasteiger partial charge in [0.2, 0.25) is 0 Å². The molecular formula is C13H19NO3. The number of carbonyl (C=O) groups is 1. The summed E-state index contributed by atoms with van der Waals surface area (Å²) in [5, 5.41) is 0. The van der Waals surface area contributed by atoms with Crippen molar-refractivity contribution in [1.29, 1.82) is 0 Å². The molecule has 0 aromatic heterocycles. The van der Waals surface area contributed by atoms with Crippen LogP contribution in [0.5, 0.6) is 0 Å². The van der Waals surface area contributed by atoms with Crippen LogP contribution in [0.4, 0.5) is 5.69 Å². The Hall–Kier alpha value is -1.55. The van der Waals surface area contributed by atoms with Gasteiger partial charge in [-0.3, -0.25) is 0 Å². The molecule has 2 N–H and O–H groups in total. The van der Waals surface area contributed by atoms with Crippen molar-refractivity contribution < 1.29 is 14.3 Å². The Morgan fingerprint density at radius 1 is 1.35 bits per heavy atom. The van der Waals surface area contributed by atoms with Crippen molar-refractivity contribution in [2.24, 2.45) is 0 Å². The molecule has 0 aliphatic carbocycles. The summed E-state index contributed by atoms with van der Waals surface area (Å²) in [6.07, 6.45) is 1.49. The predicted octanol–water partition coefficient (Wildman–Crippen LogP) is 2.02. The van der Waals surface area contributed by atoms with Gasteiger partial charge < -0.3 is 15.2 Å². The molecule has 0 radical (unpaired) electrons. The highest BCUT2D eigenvalue weighted by atomic mass is 16.5. The minimum atomic E-state index is -0.358. The van der Waals surface area contributed by atoms with E-state index in [-0.39, 0.29) is 5.97 Å². The molecule has 0 atom stereocenters. The van der Waals surface area contributed by atoms with Crippen LogP contribution >= 0.6 is 0 Å². The van der Waals surface area contributed by atoms with Crippen molar-refractivity contribution in [1.82, 2.24) is 0 Å². The maximum Gasteiger partial charge on any atom is 0.340 e. The van der Waals surface area contributed by atoms with Gasteiger partial charge in [-0.05, 0) is 24.5 Å². The smallest absolute Gasteiger partial charge is 0.340 e. The molecule has 1 rings (SSSR count). The topological polar surface area (TPSA) is 61.5 Å². The molecule has 0 spiro atoms. The maximum atomic E-state index is 11.7. The Morgan fingerprint density at radius 2 is 2.12 bits per heavy atom. The summed E-state index contributed by atoms with van der Waals surface area (Å²) in [4.78, 5) is 11.7. The predicted molar refractivity (Wildman–Crippen MR) is 67.0 cm³/mol. The van der Waals surface area contributed by atoms with Crippen LogP contribution in [0.15, 0.2) is 18.2 Å². The number of hydrogen-bond acceptors (Lipinski definition) is 4. The van der Waals surface area contributed by atoms with E-state index in [0.717, 1.165) is 12.0 Å². The summed E-state index contributed by atoms with van der Waals surface area (Å²) in [7, 11) is 1.63. The molecule has 0 heterocycles. The summed E-state index contributed by atoms with van der Waals surface area (Å²) in [5.41, 5.74) is 7.78. The molecule has 0 saturated heterocycles. The third kappa shape index (κ3) is 3.75. The van der Waals surface area contributed by atoms with Crippen LogP contribution in [0.2, 0.25) is 0 Å². The van der Waals surface area contributed by atoms with E-state index in [1.807, 2.05) is 19.1 Å². The summed E-state index contributed by atoms with van der Waals surface area (Å²) < 4.78 is 10.1. The minimum absolute atomic E-state index is 0.358. The average Bonchev–Trinajstić information content (AvgIpc) is 2.34. The lowest BCUT2D eigenvalue weighted by Gasteiger charge is -2.10. The Morgan fingerprint density at radius 3 is 2.76 bits per heavy atom. The van der Waals surface area contributed by atoms with Crippen LogP contribution < -0.4 is 5.73 Å². The zero-order valence-corrected chi connectivity index (χ0v) is 10.4. The van der Waals surface area contributed by atoms with Crippen LogP contribution in [-0.4, -0.2) is 26.3 Å². The second-order valence-corrected chi connectivity index (χ2v) is 3.76. The second kappa shape index (κ2) is 6.91. The van der Waals surface area contributed by atoms with Gasteiger partial charge in [-0.2, -0.15) is 0 Å². The standard InChI is InChI=1S/C13H19NO3/c1-3-8-17-13(15)11-6-4-5-10(12(11)14)7-9-16-2/h4-6H,3,7-9,14H2,1-2H3. The summed E-state index contributed by atoms with van der Waals surface area (Å²) in [5.74, 6) is -0.358. The first kappa shape index (κ1) is 13.5. The largest absolute Gasteiger partial charge is 0.462 e. The van der Waals surface area contributed by atoms with Gasteiger partial charge in [0.05, 0.1) is 18.8 Å². The van der Waals surface area contributed by atoms with Gasteiger partial charge in [-0.25, -0.2) is 4.79 Å². The number of para-hydroxylation sites is 1. The molecule has 0 aliphatic rings. The summed E-state index contributed by atoms with van der Waals surface area (Å²) >= 11 is 0. The zero-order chi connectivity index (χ0) is 12.7.